The molecule has 0 radical (unpaired) electrons. The monoisotopic (exact) mass is 308 g/mol. The Hall–Kier alpha value is -2.75. The topological polar surface area (TPSA) is 62.0 Å². The summed E-state index contributed by atoms with van der Waals surface area (Å²) < 4.78 is 5.34. The predicted molar refractivity (Wildman–Crippen MR) is 92.3 cm³/mol. The molecule has 0 aliphatic heterocycles. The number of hydrogen-bond donors (Lipinski definition) is 2. The zero-order valence-electron chi connectivity index (χ0n) is 13.8. The first kappa shape index (κ1) is 15.2. The van der Waals surface area contributed by atoms with Crippen LogP contribution in [0.25, 0.3) is 28.5 Å². The van der Waals surface area contributed by atoms with Gasteiger partial charge in [-0.1, -0.05) is 29.4 Å². The lowest BCUT2D eigenvalue weighted by atomic mass is 9.96. The third-order valence-electron chi connectivity index (χ3n) is 4.01. The lowest BCUT2D eigenvalue weighted by molar-refractivity contribution is 0.393. The van der Waals surface area contributed by atoms with Gasteiger partial charge in [-0.15, -0.1) is 0 Å². The van der Waals surface area contributed by atoms with Gasteiger partial charge in [-0.05, 0) is 45.4 Å². The van der Waals surface area contributed by atoms with Crippen LogP contribution in [0.2, 0.25) is 0 Å². The summed E-state index contributed by atoms with van der Waals surface area (Å²) in [7, 11) is 0. The van der Waals surface area contributed by atoms with Crippen LogP contribution in [0.1, 0.15) is 29.6 Å². The van der Waals surface area contributed by atoms with Gasteiger partial charge in [0, 0.05) is 16.8 Å². The standard InChI is InChI=1S/C19H20N2O2/c1-5-6-16-11(2)20-19(17-12(3)21-23-13(17)4)18(16)14-7-9-15(22)10-8-14/h5-10,20,22H,1-4H3/b6-5-. The number of hydrogen-bond acceptors (Lipinski definition) is 3. The summed E-state index contributed by atoms with van der Waals surface area (Å²) in [5.41, 5.74) is 7.19. The number of phenols is 1. The van der Waals surface area contributed by atoms with Crippen LogP contribution in [-0.2, 0) is 0 Å². The molecule has 1 aromatic carbocycles. The average molecular weight is 308 g/mol. The van der Waals surface area contributed by atoms with Gasteiger partial charge < -0.3 is 14.6 Å². The minimum absolute atomic E-state index is 0.257. The summed E-state index contributed by atoms with van der Waals surface area (Å²) in [5, 5.41) is 13.6. The Kier molecular flexibility index (Phi) is 3.82. The van der Waals surface area contributed by atoms with Crippen LogP contribution < -0.4 is 0 Å². The first-order valence-electron chi connectivity index (χ1n) is 7.60. The maximum atomic E-state index is 9.58. The number of aromatic nitrogens is 2. The zero-order chi connectivity index (χ0) is 16.6. The van der Waals surface area contributed by atoms with Gasteiger partial charge in [0.15, 0.2) is 0 Å². The molecule has 2 aromatic heterocycles. The molecule has 4 nitrogen and oxygen atoms in total. The van der Waals surface area contributed by atoms with Gasteiger partial charge in [-0.3, -0.25) is 0 Å². The quantitative estimate of drug-likeness (QED) is 0.715. The van der Waals surface area contributed by atoms with Crippen LogP contribution in [0, 0.1) is 20.8 Å². The Morgan fingerprint density at radius 3 is 2.35 bits per heavy atom. The minimum atomic E-state index is 0.257. The first-order chi connectivity index (χ1) is 11.0. The molecule has 3 aromatic rings. The summed E-state index contributed by atoms with van der Waals surface area (Å²) >= 11 is 0. The smallest absolute Gasteiger partial charge is 0.143 e. The number of aryl methyl sites for hydroxylation is 3. The number of nitrogens with zero attached hydrogens (tertiary/aromatic N) is 1. The Morgan fingerprint density at radius 2 is 1.78 bits per heavy atom. The second-order valence-electron chi connectivity index (χ2n) is 5.66. The van der Waals surface area contributed by atoms with Crippen LogP contribution in [0.3, 0.4) is 0 Å². The molecule has 3 rings (SSSR count). The highest BCUT2D eigenvalue weighted by atomic mass is 16.5. The molecule has 0 bridgehead atoms. The fourth-order valence-corrected chi connectivity index (χ4v) is 2.97. The van der Waals surface area contributed by atoms with E-state index in [1.165, 1.54) is 0 Å². The molecular weight excluding hydrogens is 288 g/mol. The molecule has 0 saturated heterocycles. The molecule has 0 aliphatic rings. The third kappa shape index (κ3) is 2.57. The predicted octanol–water partition coefficient (Wildman–Crippen LogP) is 5.00. The van der Waals surface area contributed by atoms with Crippen molar-refractivity contribution in [2.45, 2.75) is 27.7 Å². The molecule has 0 spiro atoms. The second-order valence-corrected chi connectivity index (χ2v) is 5.66. The van der Waals surface area contributed by atoms with Crippen molar-refractivity contribution in [1.82, 2.24) is 10.1 Å². The summed E-state index contributed by atoms with van der Waals surface area (Å²) in [6.45, 7) is 7.92. The van der Waals surface area contributed by atoms with Gasteiger partial charge in [0.1, 0.15) is 11.5 Å². The number of aromatic hydroxyl groups is 1. The molecule has 118 valence electrons. The number of rotatable bonds is 3. The van der Waals surface area contributed by atoms with E-state index >= 15 is 0 Å². The molecule has 2 heterocycles. The van der Waals surface area contributed by atoms with Crippen LogP contribution in [0.15, 0.2) is 34.9 Å². The molecule has 4 heteroatoms. The van der Waals surface area contributed by atoms with Gasteiger partial charge in [-0.2, -0.15) is 0 Å². The molecule has 2 N–H and O–H groups in total. The highest BCUT2D eigenvalue weighted by molar-refractivity contribution is 5.90. The Balaban J connectivity index is 2.33. The summed E-state index contributed by atoms with van der Waals surface area (Å²) in [5.74, 6) is 1.04. The summed E-state index contributed by atoms with van der Waals surface area (Å²) in [4.78, 5) is 3.48. The maximum Gasteiger partial charge on any atom is 0.143 e. The van der Waals surface area contributed by atoms with Gasteiger partial charge in [0.25, 0.3) is 0 Å². The van der Waals surface area contributed by atoms with E-state index in [1.807, 2.05) is 39.0 Å². The van der Waals surface area contributed by atoms with Crippen LogP contribution in [-0.4, -0.2) is 15.2 Å². The van der Waals surface area contributed by atoms with Crippen molar-refractivity contribution in [1.29, 1.82) is 0 Å². The van der Waals surface area contributed by atoms with Gasteiger partial charge >= 0.3 is 0 Å². The fourth-order valence-electron chi connectivity index (χ4n) is 2.97. The molecule has 0 atom stereocenters. The molecule has 0 amide bonds. The van der Waals surface area contributed by atoms with Gasteiger partial charge in [0.2, 0.25) is 0 Å². The van der Waals surface area contributed by atoms with Crippen molar-refractivity contribution in [3.05, 3.63) is 53.1 Å². The molecular formula is C19H20N2O2. The van der Waals surface area contributed by atoms with Gasteiger partial charge in [0.05, 0.1) is 17.0 Å². The first-order valence-corrected chi connectivity index (χ1v) is 7.60. The SMILES string of the molecule is C/C=C\c1c(C)[nH]c(-c2c(C)noc2C)c1-c1ccc(O)cc1. The number of benzene rings is 1. The Morgan fingerprint density at radius 1 is 1.09 bits per heavy atom. The van der Waals surface area contributed by atoms with E-state index in [2.05, 4.69) is 23.1 Å². The number of nitrogens with one attached hydrogen (secondary N) is 1. The Bertz CT molecular complexity index is 848. The van der Waals surface area contributed by atoms with Crippen LogP contribution in [0.5, 0.6) is 5.75 Å². The number of phenolic OH excluding ortho intramolecular Hbond substituents is 1. The lowest BCUT2D eigenvalue weighted by Crippen LogP contribution is -1.87. The Labute approximate surface area is 135 Å². The van der Waals surface area contributed by atoms with E-state index in [-0.39, 0.29) is 5.75 Å². The molecule has 0 saturated carbocycles. The fraction of sp³-hybridized carbons (Fsp3) is 0.211. The summed E-state index contributed by atoms with van der Waals surface area (Å²) in [6, 6.07) is 7.25. The van der Waals surface area contributed by atoms with Crippen molar-refractivity contribution in [2.75, 3.05) is 0 Å². The average Bonchev–Trinajstić information content (AvgIpc) is 3.01. The van der Waals surface area contributed by atoms with Crippen molar-refractivity contribution in [3.8, 4) is 28.1 Å². The molecule has 23 heavy (non-hydrogen) atoms. The van der Waals surface area contributed by atoms with Crippen molar-refractivity contribution < 1.29 is 9.63 Å². The third-order valence-corrected chi connectivity index (χ3v) is 4.01. The number of H-pyrrole nitrogens is 1. The highest BCUT2D eigenvalue weighted by Gasteiger charge is 2.21. The van der Waals surface area contributed by atoms with Crippen molar-refractivity contribution in [3.63, 3.8) is 0 Å². The van der Waals surface area contributed by atoms with E-state index in [0.29, 0.717) is 0 Å². The minimum Gasteiger partial charge on any atom is -0.508 e. The van der Waals surface area contributed by atoms with Crippen molar-refractivity contribution >= 4 is 6.08 Å². The second kappa shape index (κ2) is 5.80. The lowest BCUT2D eigenvalue weighted by Gasteiger charge is -2.07. The van der Waals surface area contributed by atoms with E-state index in [9.17, 15) is 5.11 Å². The molecule has 0 unspecified atom stereocenters. The van der Waals surface area contributed by atoms with E-state index < -0.39 is 0 Å². The van der Waals surface area contributed by atoms with Crippen LogP contribution >= 0.6 is 0 Å². The largest absolute Gasteiger partial charge is 0.508 e. The summed E-state index contributed by atoms with van der Waals surface area (Å²) in [6.07, 6.45) is 4.12. The number of allylic oxidation sites excluding steroid dienone is 1. The molecule has 0 aliphatic carbocycles. The van der Waals surface area contributed by atoms with Crippen molar-refractivity contribution in [2.24, 2.45) is 0 Å². The van der Waals surface area contributed by atoms with E-state index in [0.717, 1.165) is 45.1 Å². The number of aromatic amines is 1. The van der Waals surface area contributed by atoms with E-state index in [4.69, 9.17) is 4.52 Å². The normalized spacial score (nSPS) is 11.5. The zero-order valence-corrected chi connectivity index (χ0v) is 13.8. The molecule has 0 fully saturated rings. The van der Waals surface area contributed by atoms with E-state index in [1.54, 1.807) is 12.1 Å². The van der Waals surface area contributed by atoms with Gasteiger partial charge in [-0.25, -0.2) is 0 Å². The maximum absolute atomic E-state index is 9.58. The van der Waals surface area contributed by atoms with Crippen LogP contribution in [0.4, 0.5) is 0 Å². The highest BCUT2D eigenvalue weighted by Crippen LogP contribution is 2.40.